The topological polar surface area (TPSA) is 40.1 Å². The third kappa shape index (κ3) is 14.8. The van der Waals surface area contributed by atoms with Crippen molar-refractivity contribution < 1.29 is 13.9 Å². The van der Waals surface area contributed by atoms with E-state index in [9.17, 15) is 9.46 Å². The van der Waals surface area contributed by atoms with Crippen LogP contribution >= 0.6 is 8.03 Å². The summed E-state index contributed by atoms with van der Waals surface area (Å²) in [4.78, 5) is 12.0. The van der Waals surface area contributed by atoms with E-state index < -0.39 is 13.3 Å². The van der Waals surface area contributed by atoms with Crippen LogP contribution in [0.25, 0.3) is 0 Å². The van der Waals surface area contributed by atoms with Gasteiger partial charge in [0, 0.05) is 12.8 Å². The summed E-state index contributed by atoms with van der Waals surface area (Å²) >= 11 is 0. The molecule has 2 unspecified atom stereocenters. The van der Waals surface area contributed by atoms with Crippen LogP contribution in [-0.4, -0.2) is 30.9 Å². The molecule has 190 valence electrons. The van der Waals surface area contributed by atoms with Crippen LogP contribution in [-0.2, 0) is 4.57 Å². The first-order valence-corrected chi connectivity index (χ1v) is 15.1. The molecule has 0 aliphatic rings. The van der Waals surface area contributed by atoms with Crippen LogP contribution in [0.4, 0.5) is 0 Å². The zero-order chi connectivity index (χ0) is 24.1. The van der Waals surface area contributed by atoms with Crippen LogP contribution in [0.1, 0.15) is 142 Å². The second-order valence-electron chi connectivity index (χ2n) is 10.7. The first-order chi connectivity index (χ1) is 15.3. The van der Waals surface area contributed by atoms with Gasteiger partial charge in [0.05, 0.1) is 21.1 Å². The lowest BCUT2D eigenvalue weighted by Crippen LogP contribution is -2.55. The van der Waals surface area contributed by atoms with Gasteiger partial charge in [0.2, 0.25) is 0 Å². The summed E-state index contributed by atoms with van der Waals surface area (Å²) in [5.41, 5.74) is 0. The monoisotopic (exact) mass is 470 g/mol. The number of nitrogens with zero attached hydrogens (tertiary/aromatic N) is 1. The van der Waals surface area contributed by atoms with Crippen LogP contribution in [0.5, 0.6) is 0 Å². The van der Waals surface area contributed by atoms with Crippen molar-refractivity contribution in [3.05, 3.63) is 12.2 Å². The average molecular weight is 471 g/mol. The molecule has 0 saturated carbocycles. The molecule has 0 aromatic rings. The summed E-state index contributed by atoms with van der Waals surface area (Å²) < 4.78 is 12.5. The molecular formula is C28H57NO2P+. The van der Waals surface area contributed by atoms with E-state index in [0.717, 1.165) is 12.8 Å². The molecule has 3 nitrogen and oxygen atoms in total. The molecule has 0 bridgehead atoms. The van der Waals surface area contributed by atoms with Crippen LogP contribution in [0, 0.1) is 0 Å². The van der Waals surface area contributed by atoms with E-state index in [1.807, 2.05) is 28.1 Å². The smallest absolute Gasteiger partial charge is 0.376 e. The van der Waals surface area contributed by atoms with Crippen molar-refractivity contribution in [3.63, 3.8) is 0 Å². The number of quaternary nitrogens is 1. The Bertz CT molecular complexity index is 473. The maximum absolute atomic E-state index is 12.0. The summed E-state index contributed by atoms with van der Waals surface area (Å²) in [6.07, 6.45) is 30.1. The molecule has 0 amide bonds. The summed E-state index contributed by atoms with van der Waals surface area (Å²) in [5.74, 6) is 0. The van der Waals surface area contributed by atoms with E-state index in [-0.39, 0.29) is 0 Å². The zero-order valence-corrected chi connectivity index (χ0v) is 23.4. The maximum Gasteiger partial charge on any atom is 0.376 e. The van der Waals surface area contributed by atoms with E-state index in [1.54, 1.807) is 0 Å². The molecule has 32 heavy (non-hydrogen) atoms. The Balaban J connectivity index is 3.46. The lowest BCUT2D eigenvalue weighted by Gasteiger charge is -2.39. The highest BCUT2D eigenvalue weighted by molar-refractivity contribution is 7.38. The van der Waals surface area contributed by atoms with Gasteiger partial charge in [-0.25, -0.2) is 0 Å². The van der Waals surface area contributed by atoms with Crippen LogP contribution in [0.2, 0.25) is 0 Å². The minimum absolute atomic E-state index is 0.513. The molecule has 0 aliphatic heterocycles. The summed E-state index contributed by atoms with van der Waals surface area (Å²) in [6.45, 7) is 4.22. The van der Waals surface area contributed by atoms with Gasteiger partial charge >= 0.3 is 8.03 Å². The average Bonchev–Trinajstić information content (AvgIpc) is 2.74. The lowest BCUT2D eigenvalue weighted by molar-refractivity contribution is -0.910. The zero-order valence-electron chi connectivity index (χ0n) is 22.5. The van der Waals surface area contributed by atoms with Gasteiger partial charge in [-0.2, -0.15) is 0 Å². The number of unbranched alkanes of at least 4 members (excludes halogenated alkanes) is 16. The quantitative estimate of drug-likeness (QED) is 0.0647. The Morgan fingerprint density at radius 1 is 0.656 bits per heavy atom. The fourth-order valence-electron chi connectivity index (χ4n) is 4.88. The van der Waals surface area contributed by atoms with E-state index in [2.05, 4.69) is 19.1 Å². The third-order valence-electron chi connectivity index (χ3n) is 7.26. The van der Waals surface area contributed by atoms with E-state index >= 15 is 0 Å². The highest BCUT2D eigenvalue weighted by atomic mass is 31.1. The molecule has 2 atom stereocenters. The fraction of sp³-hybridized carbons (Fsp3) is 0.929. The summed E-state index contributed by atoms with van der Waals surface area (Å²) in [7, 11) is 3.64. The highest BCUT2D eigenvalue weighted by Gasteiger charge is 2.52. The Labute approximate surface area is 202 Å². The normalized spacial score (nSPS) is 14.8. The van der Waals surface area contributed by atoms with Gasteiger partial charge in [-0.05, 0) is 25.7 Å². The van der Waals surface area contributed by atoms with Gasteiger partial charge in [-0.3, -0.25) is 4.48 Å². The van der Waals surface area contributed by atoms with Crippen molar-refractivity contribution in [1.29, 1.82) is 0 Å². The first-order valence-electron chi connectivity index (χ1n) is 13.9. The van der Waals surface area contributed by atoms with Crippen molar-refractivity contribution in [1.82, 2.24) is 0 Å². The Hall–Kier alpha value is -0.240. The number of rotatable bonds is 23. The number of allylic oxidation sites excluding steroid dienone is 2. The molecular weight excluding hydrogens is 413 g/mol. The van der Waals surface area contributed by atoms with Crippen molar-refractivity contribution in [3.8, 4) is 0 Å². The minimum atomic E-state index is -2.41. The molecule has 0 N–H and O–H groups in total. The Morgan fingerprint density at radius 2 is 1.03 bits per heavy atom. The molecule has 0 aromatic heterocycles. The Morgan fingerprint density at radius 3 is 1.34 bits per heavy atom. The standard InChI is InChI=1S/C28H57NO2P/c1-6-8-9-10-11-12-13-14-15-16-17-18-19-20-21-22-23-24-25-26-27-28(7-2,32(30)31)29(3,4)5/h8-9H,6-7,10-27H2,1-5H3/q+1. The molecule has 0 rings (SSSR count). The van der Waals surface area contributed by atoms with Gasteiger partial charge in [0.1, 0.15) is 0 Å². The van der Waals surface area contributed by atoms with Crippen LogP contribution < -0.4 is 4.89 Å². The first kappa shape index (κ1) is 31.8. The van der Waals surface area contributed by atoms with E-state index in [4.69, 9.17) is 0 Å². The second-order valence-corrected chi connectivity index (χ2v) is 12.0. The molecule has 0 radical (unpaired) electrons. The van der Waals surface area contributed by atoms with Gasteiger partial charge in [0.15, 0.2) is 0 Å². The lowest BCUT2D eigenvalue weighted by atomic mass is 10.0. The van der Waals surface area contributed by atoms with Gasteiger partial charge in [0.25, 0.3) is 5.28 Å². The van der Waals surface area contributed by atoms with E-state index in [0.29, 0.717) is 10.9 Å². The summed E-state index contributed by atoms with van der Waals surface area (Å²) in [5, 5.41) is -0.596. The van der Waals surface area contributed by atoms with Crippen molar-refractivity contribution in [2.24, 2.45) is 0 Å². The van der Waals surface area contributed by atoms with Gasteiger partial charge < -0.3 is 4.89 Å². The second kappa shape index (κ2) is 20.2. The molecule has 4 heteroatoms. The van der Waals surface area contributed by atoms with Crippen LogP contribution in [0.3, 0.4) is 0 Å². The molecule has 0 saturated heterocycles. The number of hydrogen-bond donors (Lipinski definition) is 0. The third-order valence-corrected chi connectivity index (χ3v) is 9.07. The highest BCUT2D eigenvalue weighted by Crippen LogP contribution is 2.44. The number of hydrogen-bond acceptors (Lipinski definition) is 2. The predicted molar refractivity (Wildman–Crippen MR) is 141 cm³/mol. The van der Waals surface area contributed by atoms with Crippen LogP contribution in [0.15, 0.2) is 12.2 Å². The Kier molecular flexibility index (Phi) is 20.0. The molecule has 0 fully saturated rings. The van der Waals surface area contributed by atoms with Crippen molar-refractivity contribution in [2.45, 2.75) is 148 Å². The fourth-order valence-corrected chi connectivity index (χ4v) is 5.97. The molecule has 0 heterocycles. The maximum atomic E-state index is 12.0. The molecule has 0 aliphatic carbocycles. The molecule has 0 spiro atoms. The van der Waals surface area contributed by atoms with Gasteiger partial charge in [-0.1, -0.05) is 120 Å². The van der Waals surface area contributed by atoms with Crippen molar-refractivity contribution in [2.75, 3.05) is 21.1 Å². The van der Waals surface area contributed by atoms with Crippen molar-refractivity contribution >= 4 is 8.03 Å². The largest absolute Gasteiger partial charge is 0.590 e. The van der Waals surface area contributed by atoms with Gasteiger partial charge in [-0.15, -0.1) is 0 Å². The SMILES string of the molecule is CCC=CCCCCCCCCCCCCCCCCCCC(CC)([P+](=O)[O-])[N+](C)(C)C. The van der Waals surface area contributed by atoms with E-state index in [1.165, 1.54) is 109 Å². The summed E-state index contributed by atoms with van der Waals surface area (Å²) in [6, 6.07) is 0. The predicted octanol–water partition coefficient (Wildman–Crippen LogP) is 8.89. The minimum Gasteiger partial charge on any atom is -0.590 e. The molecule has 0 aromatic carbocycles.